The molecule has 0 radical (unpaired) electrons. The second-order valence-corrected chi connectivity index (χ2v) is 10.2. The second kappa shape index (κ2) is 9.10. The Labute approximate surface area is 205 Å². The van der Waals surface area contributed by atoms with Crippen molar-refractivity contribution in [2.75, 3.05) is 20.1 Å². The molecule has 2 aliphatic rings. The molecule has 6 heteroatoms. The van der Waals surface area contributed by atoms with Gasteiger partial charge in [0.05, 0.1) is 5.60 Å². The number of esters is 1. The number of nitrogens with zero attached hydrogens (tertiary/aromatic N) is 1. The SMILES string of the molecule is CC(=O)Oc1cccc([C@@]23CCN(C)C[C@@]2(O)CC[C@H](NC(=O)c2ccc4ccccc4c2)C3)c1. The van der Waals surface area contributed by atoms with Gasteiger partial charge in [0, 0.05) is 30.5 Å². The number of hydrogen-bond donors (Lipinski definition) is 2. The summed E-state index contributed by atoms with van der Waals surface area (Å²) in [6, 6.07) is 21.2. The number of hydrogen-bond acceptors (Lipinski definition) is 5. The maximum absolute atomic E-state index is 13.2. The molecule has 1 aliphatic carbocycles. The third kappa shape index (κ3) is 4.44. The summed E-state index contributed by atoms with van der Waals surface area (Å²) in [4.78, 5) is 26.9. The number of likely N-dealkylation sites (tertiary alicyclic amines) is 1. The van der Waals surface area contributed by atoms with E-state index in [-0.39, 0.29) is 17.9 Å². The maximum Gasteiger partial charge on any atom is 0.308 e. The summed E-state index contributed by atoms with van der Waals surface area (Å²) < 4.78 is 5.36. The van der Waals surface area contributed by atoms with Gasteiger partial charge in [-0.25, -0.2) is 0 Å². The highest BCUT2D eigenvalue weighted by molar-refractivity contribution is 5.98. The Morgan fingerprint density at radius 3 is 2.63 bits per heavy atom. The molecule has 2 N–H and O–H groups in total. The molecule has 0 bridgehead atoms. The Kier molecular flexibility index (Phi) is 6.11. The monoisotopic (exact) mass is 472 g/mol. The summed E-state index contributed by atoms with van der Waals surface area (Å²) in [7, 11) is 2.03. The first-order valence-electron chi connectivity index (χ1n) is 12.3. The molecule has 1 saturated carbocycles. The van der Waals surface area contributed by atoms with Gasteiger partial charge in [-0.2, -0.15) is 0 Å². The maximum atomic E-state index is 13.2. The van der Waals surface area contributed by atoms with E-state index in [1.54, 1.807) is 6.07 Å². The molecule has 3 atom stereocenters. The van der Waals surface area contributed by atoms with E-state index in [9.17, 15) is 14.7 Å². The van der Waals surface area contributed by atoms with Crippen LogP contribution < -0.4 is 10.1 Å². The number of fused-ring (bicyclic) bond motifs is 2. The highest BCUT2D eigenvalue weighted by Gasteiger charge is 2.57. The summed E-state index contributed by atoms with van der Waals surface area (Å²) in [6.45, 7) is 2.79. The first-order valence-corrected chi connectivity index (χ1v) is 12.3. The molecule has 5 rings (SSSR count). The van der Waals surface area contributed by atoms with E-state index in [4.69, 9.17) is 4.74 Å². The number of amides is 1. The van der Waals surface area contributed by atoms with Crippen LogP contribution in [0, 0.1) is 0 Å². The van der Waals surface area contributed by atoms with Gasteiger partial charge >= 0.3 is 5.97 Å². The van der Waals surface area contributed by atoms with Gasteiger partial charge in [0.2, 0.25) is 0 Å². The highest BCUT2D eigenvalue weighted by Crippen LogP contribution is 2.52. The van der Waals surface area contributed by atoms with Gasteiger partial charge in [0.25, 0.3) is 5.91 Å². The van der Waals surface area contributed by atoms with Crippen molar-refractivity contribution >= 4 is 22.6 Å². The third-order valence-corrected chi connectivity index (χ3v) is 7.84. The molecule has 6 nitrogen and oxygen atoms in total. The van der Waals surface area contributed by atoms with Crippen molar-refractivity contribution in [1.82, 2.24) is 10.2 Å². The molecule has 3 aromatic rings. The normalized spacial score (nSPS) is 26.7. The fraction of sp³-hybridized carbons (Fsp3) is 0.379. The van der Waals surface area contributed by atoms with Crippen molar-refractivity contribution in [3.63, 3.8) is 0 Å². The predicted octanol–water partition coefficient (Wildman–Crippen LogP) is 4.05. The van der Waals surface area contributed by atoms with Crippen LogP contribution in [0.4, 0.5) is 0 Å². The van der Waals surface area contributed by atoms with Crippen LogP contribution >= 0.6 is 0 Å². The molecule has 3 aromatic carbocycles. The zero-order chi connectivity index (χ0) is 24.6. The summed E-state index contributed by atoms with van der Waals surface area (Å²) in [5.74, 6) is 0.0124. The standard InChI is InChI=1S/C29H32N2O4/c1-20(32)35-26-9-5-8-24(17-26)28-14-15-31(2)19-29(28,34)13-12-25(18-28)30-27(33)23-11-10-21-6-3-4-7-22(21)16-23/h3-11,16-17,25,34H,12-15,18-19H2,1-2H3,(H,30,33)/t25-,28-,29-/m0/s1. The van der Waals surface area contributed by atoms with E-state index < -0.39 is 11.0 Å². The zero-order valence-corrected chi connectivity index (χ0v) is 20.3. The van der Waals surface area contributed by atoms with Crippen LogP contribution in [0.25, 0.3) is 10.8 Å². The van der Waals surface area contributed by atoms with Gasteiger partial charge in [-0.05, 0) is 79.9 Å². The Hall–Kier alpha value is -3.22. The summed E-state index contributed by atoms with van der Waals surface area (Å²) in [5.41, 5.74) is 0.115. The topological polar surface area (TPSA) is 78.9 Å². The quantitative estimate of drug-likeness (QED) is 0.442. The molecule has 0 spiro atoms. The highest BCUT2D eigenvalue weighted by atomic mass is 16.5. The molecular weight excluding hydrogens is 440 g/mol. The Balaban J connectivity index is 1.44. The molecule has 2 fully saturated rings. The lowest BCUT2D eigenvalue weighted by molar-refractivity contribution is -0.131. The lowest BCUT2D eigenvalue weighted by Crippen LogP contribution is -2.66. The molecule has 1 amide bonds. The molecule has 35 heavy (non-hydrogen) atoms. The van der Waals surface area contributed by atoms with Crippen LogP contribution in [0.5, 0.6) is 5.75 Å². The second-order valence-electron chi connectivity index (χ2n) is 10.2. The summed E-state index contributed by atoms with van der Waals surface area (Å²) >= 11 is 0. The van der Waals surface area contributed by atoms with Crippen LogP contribution in [0.3, 0.4) is 0 Å². The fourth-order valence-electron chi connectivity index (χ4n) is 6.11. The minimum absolute atomic E-state index is 0.0740. The molecule has 1 aliphatic heterocycles. The lowest BCUT2D eigenvalue weighted by Gasteiger charge is -2.57. The van der Waals surface area contributed by atoms with Crippen molar-refractivity contribution in [3.8, 4) is 5.75 Å². The average Bonchev–Trinajstić information content (AvgIpc) is 2.83. The smallest absolute Gasteiger partial charge is 0.308 e. The number of benzene rings is 3. The van der Waals surface area contributed by atoms with Gasteiger partial charge < -0.3 is 20.1 Å². The number of carbonyl (C=O) groups excluding carboxylic acids is 2. The lowest BCUT2D eigenvalue weighted by atomic mass is 9.55. The Morgan fingerprint density at radius 2 is 1.83 bits per heavy atom. The van der Waals surface area contributed by atoms with E-state index in [0.29, 0.717) is 37.1 Å². The largest absolute Gasteiger partial charge is 0.427 e. The number of aliphatic hydroxyl groups is 1. The van der Waals surface area contributed by atoms with Gasteiger partial charge in [0.15, 0.2) is 0 Å². The van der Waals surface area contributed by atoms with Crippen LogP contribution in [0.1, 0.15) is 48.5 Å². The van der Waals surface area contributed by atoms with Crippen molar-refractivity contribution in [1.29, 1.82) is 0 Å². The number of piperidine rings is 1. The van der Waals surface area contributed by atoms with Crippen molar-refractivity contribution in [3.05, 3.63) is 77.9 Å². The van der Waals surface area contributed by atoms with Gasteiger partial charge in [-0.3, -0.25) is 9.59 Å². The van der Waals surface area contributed by atoms with E-state index in [1.807, 2.05) is 67.7 Å². The molecule has 182 valence electrons. The van der Waals surface area contributed by atoms with Gasteiger partial charge in [-0.1, -0.05) is 42.5 Å². The van der Waals surface area contributed by atoms with Crippen LogP contribution in [0.15, 0.2) is 66.7 Å². The molecule has 1 heterocycles. The van der Waals surface area contributed by atoms with E-state index in [2.05, 4.69) is 10.2 Å². The average molecular weight is 473 g/mol. The number of nitrogens with one attached hydrogen (secondary N) is 1. The number of carbonyl (C=O) groups is 2. The van der Waals surface area contributed by atoms with E-state index in [1.165, 1.54) is 6.92 Å². The Bertz CT molecular complexity index is 1270. The molecular formula is C29H32N2O4. The first kappa shape index (κ1) is 23.5. The van der Waals surface area contributed by atoms with Gasteiger partial charge in [-0.15, -0.1) is 0 Å². The zero-order valence-electron chi connectivity index (χ0n) is 20.3. The summed E-state index contributed by atoms with van der Waals surface area (Å²) in [5, 5.41) is 17.4. The minimum atomic E-state index is -0.932. The molecule has 0 aromatic heterocycles. The van der Waals surface area contributed by atoms with E-state index >= 15 is 0 Å². The van der Waals surface area contributed by atoms with Crippen molar-refractivity contribution in [2.45, 2.75) is 49.7 Å². The van der Waals surface area contributed by atoms with Crippen LogP contribution in [-0.2, 0) is 10.2 Å². The molecule has 1 saturated heterocycles. The number of β-amino-alcohol motifs (C(OH)–C–C–N with tert-alkyl or cyclic N) is 1. The minimum Gasteiger partial charge on any atom is -0.427 e. The Morgan fingerprint density at radius 1 is 1.03 bits per heavy atom. The first-order chi connectivity index (χ1) is 16.8. The predicted molar refractivity (Wildman–Crippen MR) is 136 cm³/mol. The number of rotatable bonds is 4. The number of ether oxygens (including phenoxy) is 1. The fourth-order valence-corrected chi connectivity index (χ4v) is 6.11. The summed E-state index contributed by atoms with van der Waals surface area (Å²) in [6.07, 6.45) is 2.67. The van der Waals surface area contributed by atoms with Crippen molar-refractivity contribution < 1.29 is 19.4 Å². The van der Waals surface area contributed by atoms with Crippen LogP contribution in [-0.4, -0.2) is 53.7 Å². The van der Waals surface area contributed by atoms with Gasteiger partial charge in [0.1, 0.15) is 5.75 Å². The molecule has 0 unspecified atom stereocenters. The van der Waals surface area contributed by atoms with Crippen LogP contribution in [0.2, 0.25) is 0 Å². The van der Waals surface area contributed by atoms with E-state index in [0.717, 1.165) is 29.3 Å². The van der Waals surface area contributed by atoms with Crippen molar-refractivity contribution in [2.24, 2.45) is 0 Å². The third-order valence-electron chi connectivity index (χ3n) is 7.84. The number of likely N-dealkylation sites (N-methyl/N-ethyl adjacent to an activating group) is 1.